The van der Waals surface area contributed by atoms with Crippen molar-refractivity contribution in [1.29, 1.82) is 10.5 Å². The zero-order valence-electron chi connectivity index (χ0n) is 17.3. The van der Waals surface area contributed by atoms with Crippen molar-refractivity contribution in [3.05, 3.63) is 23.4 Å². The van der Waals surface area contributed by atoms with Crippen molar-refractivity contribution < 1.29 is 0 Å². The standard InChI is InChI=1S/C22H25N9/c23-6-2-8-31-16-4-5-17(31)10-14(9-16)26-22-18-3-1-7-25-19(18)12-20(28-22)27-21-11-15(13-24)29-30-21/h7,11-12,14,16-17H,1-5,8-10H2,(H3,26,27,28,29,30)/t14?,16-,17+. The lowest BCUT2D eigenvalue weighted by molar-refractivity contribution is 0.135. The Kier molecular flexibility index (Phi) is 5.27. The smallest absolute Gasteiger partial charge is 0.154 e. The Bertz CT molecular complexity index is 1060. The number of aromatic amines is 1. The molecule has 31 heavy (non-hydrogen) atoms. The molecule has 2 aromatic heterocycles. The zero-order chi connectivity index (χ0) is 21.2. The van der Waals surface area contributed by atoms with Crippen LogP contribution in [0.5, 0.6) is 0 Å². The van der Waals surface area contributed by atoms with Gasteiger partial charge in [-0.05, 0) is 38.5 Å². The number of aliphatic imine (C=N–C) groups is 1. The first-order chi connectivity index (χ1) is 15.2. The molecule has 2 aromatic rings. The Labute approximate surface area is 181 Å². The van der Waals surface area contributed by atoms with Crippen LogP contribution in [0.1, 0.15) is 49.8 Å². The van der Waals surface area contributed by atoms with Gasteiger partial charge in [-0.25, -0.2) is 4.98 Å². The topological polar surface area (TPSA) is 129 Å². The van der Waals surface area contributed by atoms with Gasteiger partial charge in [-0.1, -0.05) is 0 Å². The summed E-state index contributed by atoms with van der Waals surface area (Å²) in [5, 5.41) is 31.7. The van der Waals surface area contributed by atoms with E-state index < -0.39 is 0 Å². The first-order valence-electron chi connectivity index (χ1n) is 10.9. The van der Waals surface area contributed by atoms with Crippen LogP contribution < -0.4 is 10.6 Å². The Morgan fingerprint density at radius 3 is 2.74 bits per heavy atom. The van der Waals surface area contributed by atoms with Gasteiger partial charge in [0.25, 0.3) is 0 Å². The first-order valence-corrected chi connectivity index (χ1v) is 10.9. The molecule has 158 valence electrons. The molecule has 0 radical (unpaired) electrons. The number of nitrogens with zero attached hydrogens (tertiary/aromatic N) is 6. The molecule has 9 heteroatoms. The van der Waals surface area contributed by atoms with Gasteiger partial charge in [-0.2, -0.15) is 15.6 Å². The highest BCUT2D eigenvalue weighted by molar-refractivity contribution is 5.76. The van der Waals surface area contributed by atoms with Crippen molar-refractivity contribution in [3.8, 4) is 12.1 Å². The van der Waals surface area contributed by atoms with Crippen LogP contribution >= 0.6 is 0 Å². The van der Waals surface area contributed by atoms with E-state index in [1.165, 1.54) is 12.8 Å². The molecule has 3 aliphatic heterocycles. The second-order valence-corrected chi connectivity index (χ2v) is 8.45. The van der Waals surface area contributed by atoms with Gasteiger partial charge >= 0.3 is 0 Å². The third-order valence-electron chi connectivity index (χ3n) is 6.52. The van der Waals surface area contributed by atoms with E-state index in [2.05, 4.69) is 36.8 Å². The molecule has 0 saturated carbocycles. The van der Waals surface area contributed by atoms with Crippen molar-refractivity contribution in [2.75, 3.05) is 17.2 Å². The predicted octanol–water partition coefficient (Wildman–Crippen LogP) is 3.39. The maximum absolute atomic E-state index is 9.00. The summed E-state index contributed by atoms with van der Waals surface area (Å²) in [6, 6.07) is 9.39. The Morgan fingerprint density at radius 1 is 1.16 bits per heavy atom. The molecule has 2 saturated heterocycles. The molecule has 3 aliphatic rings. The van der Waals surface area contributed by atoms with Gasteiger partial charge in [0.15, 0.2) is 5.82 Å². The number of fused-ring (bicyclic) bond motifs is 3. The Balaban J connectivity index is 1.36. The number of nitriles is 2. The SMILES string of the molecule is N#CCCN1[C@@H]2CC[C@H]1CC(Nc1nc(Nc3cc(C#N)[nH]n3)cc3c1CCC=N3)C2. The molecule has 0 aliphatic carbocycles. The molecule has 3 atom stereocenters. The van der Waals surface area contributed by atoms with Crippen LogP contribution in [0.3, 0.4) is 0 Å². The number of piperidine rings is 1. The largest absolute Gasteiger partial charge is 0.367 e. The van der Waals surface area contributed by atoms with E-state index in [1.807, 2.05) is 18.4 Å². The van der Waals surface area contributed by atoms with Crippen molar-refractivity contribution in [2.24, 2.45) is 4.99 Å². The third kappa shape index (κ3) is 3.97. The summed E-state index contributed by atoms with van der Waals surface area (Å²) in [5.41, 5.74) is 2.49. The fourth-order valence-electron chi connectivity index (χ4n) is 5.18. The maximum Gasteiger partial charge on any atom is 0.154 e. The lowest BCUT2D eigenvalue weighted by atomic mass is 9.96. The number of aromatic nitrogens is 3. The van der Waals surface area contributed by atoms with E-state index in [-0.39, 0.29) is 0 Å². The molecule has 2 bridgehead atoms. The lowest BCUT2D eigenvalue weighted by Crippen LogP contribution is -2.47. The van der Waals surface area contributed by atoms with Gasteiger partial charge in [0.2, 0.25) is 0 Å². The van der Waals surface area contributed by atoms with Gasteiger partial charge in [-0.15, -0.1) is 0 Å². The minimum atomic E-state index is 0.365. The highest BCUT2D eigenvalue weighted by Crippen LogP contribution is 2.39. The number of nitrogens with one attached hydrogen (secondary N) is 3. The van der Waals surface area contributed by atoms with E-state index >= 15 is 0 Å². The quantitative estimate of drug-likeness (QED) is 0.659. The molecule has 2 fully saturated rings. The normalized spacial score (nSPS) is 24.3. The maximum atomic E-state index is 9.00. The Morgan fingerprint density at radius 2 is 2.00 bits per heavy atom. The number of rotatable bonds is 6. The van der Waals surface area contributed by atoms with Gasteiger partial charge in [0.05, 0.1) is 11.8 Å². The van der Waals surface area contributed by atoms with Crippen molar-refractivity contribution in [3.63, 3.8) is 0 Å². The number of pyridine rings is 1. The summed E-state index contributed by atoms with van der Waals surface area (Å²) in [6.45, 7) is 0.884. The number of H-pyrrole nitrogens is 1. The summed E-state index contributed by atoms with van der Waals surface area (Å²) < 4.78 is 0. The first kappa shape index (κ1) is 19.5. The van der Waals surface area contributed by atoms with Crippen LogP contribution in [0.2, 0.25) is 0 Å². The van der Waals surface area contributed by atoms with Crippen LogP contribution in [-0.2, 0) is 6.42 Å². The van der Waals surface area contributed by atoms with Gasteiger partial charge in [0.1, 0.15) is 23.4 Å². The van der Waals surface area contributed by atoms with E-state index in [0.717, 1.165) is 49.3 Å². The summed E-state index contributed by atoms with van der Waals surface area (Å²) in [5.74, 6) is 2.10. The monoisotopic (exact) mass is 415 g/mol. The molecular formula is C22H25N9. The average molecular weight is 416 g/mol. The molecule has 5 rings (SSSR count). The van der Waals surface area contributed by atoms with Crippen molar-refractivity contribution in [1.82, 2.24) is 20.1 Å². The van der Waals surface area contributed by atoms with Crippen molar-refractivity contribution in [2.45, 2.75) is 63.1 Å². The van der Waals surface area contributed by atoms with E-state index in [0.29, 0.717) is 41.9 Å². The van der Waals surface area contributed by atoms with Gasteiger partial charge in [-0.3, -0.25) is 15.0 Å². The predicted molar refractivity (Wildman–Crippen MR) is 118 cm³/mol. The van der Waals surface area contributed by atoms with Crippen LogP contribution in [0, 0.1) is 22.7 Å². The highest BCUT2D eigenvalue weighted by atomic mass is 15.2. The van der Waals surface area contributed by atoms with Gasteiger partial charge in [0, 0.05) is 55.0 Å². The van der Waals surface area contributed by atoms with Crippen molar-refractivity contribution >= 4 is 29.4 Å². The van der Waals surface area contributed by atoms with Crippen LogP contribution in [-0.4, -0.2) is 51.0 Å². The van der Waals surface area contributed by atoms with E-state index in [9.17, 15) is 0 Å². The number of anilines is 3. The van der Waals surface area contributed by atoms with Crippen LogP contribution in [0.4, 0.5) is 23.1 Å². The Hall–Kier alpha value is -3.43. The van der Waals surface area contributed by atoms with E-state index in [1.54, 1.807) is 6.07 Å². The molecule has 5 heterocycles. The fourth-order valence-corrected chi connectivity index (χ4v) is 5.18. The fraction of sp³-hybridized carbons (Fsp3) is 0.500. The third-order valence-corrected chi connectivity index (χ3v) is 6.52. The lowest BCUT2D eigenvalue weighted by Gasteiger charge is -2.39. The van der Waals surface area contributed by atoms with E-state index in [4.69, 9.17) is 15.5 Å². The molecule has 0 aromatic carbocycles. The molecular weight excluding hydrogens is 390 g/mol. The number of hydrogen-bond donors (Lipinski definition) is 3. The zero-order valence-corrected chi connectivity index (χ0v) is 17.3. The van der Waals surface area contributed by atoms with Crippen LogP contribution in [0.25, 0.3) is 0 Å². The average Bonchev–Trinajstić information content (AvgIpc) is 3.33. The van der Waals surface area contributed by atoms with Gasteiger partial charge < -0.3 is 10.6 Å². The molecule has 0 amide bonds. The minimum absolute atomic E-state index is 0.365. The summed E-state index contributed by atoms with van der Waals surface area (Å²) in [7, 11) is 0. The molecule has 3 N–H and O–H groups in total. The number of hydrogen-bond acceptors (Lipinski definition) is 8. The molecule has 1 unspecified atom stereocenters. The minimum Gasteiger partial charge on any atom is -0.367 e. The van der Waals surface area contributed by atoms with Crippen LogP contribution in [0.15, 0.2) is 17.1 Å². The second kappa shape index (κ2) is 8.37. The summed E-state index contributed by atoms with van der Waals surface area (Å²) >= 11 is 0. The molecule has 0 spiro atoms. The summed E-state index contributed by atoms with van der Waals surface area (Å²) in [6.07, 6.45) is 8.97. The second-order valence-electron chi connectivity index (χ2n) is 8.45. The summed E-state index contributed by atoms with van der Waals surface area (Å²) in [4.78, 5) is 12.0. The highest BCUT2D eigenvalue weighted by Gasteiger charge is 2.40. The molecule has 9 nitrogen and oxygen atoms in total.